The minimum atomic E-state index is 0.0765. The van der Waals surface area contributed by atoms with Gasteiger partial charge in [0.05, 0.1) is 0 Å². The summed E-state index contributed by atoms with van der Waals surface area (Å²) >= 11 is 0. The Hall–Kier alpha value is -0.660. The highest BCUT2D eigenvalue weighted by molar-refractivity contribution is 6.18. The van der Waals surface area contributed by atoms with E-state index in [9.17, 15) is 0 Å². The number of nitrogens with zero attached hydrogens (tertiary/aromatic N) is 2. The molecule has 12 heavy (non-hydrogen) atoms. The fourth-order valence-electron chi connectivity index (χ4n) is 2.11. The molecule has 0 N–H and O–H groups in total. The van der Waals surface area contributed by atoms with Crippen LogP contribution in [0, 0.1) is 0 Å². The number of rotatable bonds is 3. The van der Waals surface area contributed by atoms with Gasteiger partial charge in [0.25, 0.3) is 0 Å². The molecular formula is C10H16N2. The minimum Gasteiger partial charge on any atom is -0.276 e. The predicted octanol–water partition coefficient (Wildman–Crippen LogP) is 2.23. The van der Waals surface area contributed by atoms with Gasteiger partial charge in [-0.2, -0.15) is 0 Å². The van der Waals surface area contributed by atoms with Gasteiger partial charge in [-0.05, 0) is 26.7 Å². The molecule has 0 spiro atoms. The summed E-state index contributed by atoms with van der Waals surface area (Å²) in [5, 5.41) is 0. The third-order valence-electron chi connectivity index (χ3n) is 3.36. The molecule has 0 saturated carbocycles. The highest BCUT2D eigenvalue weighted by atomic mass is 15.2. The van der Waals surface area contributed by atoms with Crippen LogP contribution in [-0.4, -0.2) is 22.5 Å². The molecule has 0 aliphatic carbocycles. The van der Waals surface area contributed by atoms with Gasteiger partial charge in [0.1, 0.15) is 11.1 Å². The van der Waals surface area contributed by atoms with E-state index in [1.54, 1.807) is 0 Å². The maximum Gasteiger partial charge on any atom is 0.125 e. The Morgan fingerprint density at radius 3 is 1.42 bits per heavy atom. The lowest BCUT2D eigenvalue weighted by molar-refractivity contribution is 0.568. The average Bonchev–Trinajstić information content (AvgIpc) is 2.89. The molecule has 2 aliphatic heterocycles. The molecular weight excluding hydrogens is 148 g/mol. The highest BCUT2D eigenvalue weighted by Gasteiger charge is 2.63. The minimum absolute atomic E-state index is 0.0765. The maximum atomic E-state index is 4.54. The SMILES string of the molecule is CCC1=N[C@]1(C)[C@]1(C)N=C1CC. The summed E-state index contributed by atoms with van der Waals surface area (Å²) in [7, 11) is 0. The molecule has 66 valence electrons. The smallest absolute Gasteiger partial charge is 0.125 e. The van der Waals surface area contributed by atoms with Gasteiger partial charge in [-0.3, -0.25) is 9.98 Å². The van der Waals surface area contributed by atoms with Crippen molar-refractivity contribution in [2.75, 3.05) is 0 Å². The zero-order valence-corrected chi connectivity index (χ0v) is 8.31. The van der Waals surface area contributed by atoms with Crippen molar-refractivity contribution in [3.05, 3.63) is 0 Å². The van der Waals surface area contributed by atoms with Crippen molar-refractivity contribution < 1.29 is 0 Å². The first-order valence-corrected chi connectivity index (χ1v) is 4.77. The third kappa shape index (κ3) is 0.706. The molecule has 2 aliphatic rings. The van der Waals surface area contributed by atoms with Gasteiger partial charge in [0.2, 0.25) is 0 Å². The molecule has 2 heteroatoms. The molecule has 2 nitrogen and oxygen atoms in total. The molecule has 2 atom stereocenters. The number of hydrogen-bond acceptors (Lipinski definition) is 2. The first-order chi connectivity index (χ1) is 5.58. The van der Waals surface area contributed by atoms with Crippen molar-refractivity contribution in [2.45, 2.75) is 51.6 Å². The Morgan fingerprint density at radius 2 is 1.25 bits per heavy atom. The number of aliphatic imine (C=N–C) groups is 2. The van der Waals surface area contributed by atoms with E-state index in [1.807, 2.05) is 0 Å². The molecule has 0 radical (unpaired) electrons. The van der Waals surface area contributed by atoms with Crippen molar-refractivity contribution in [3.8, 4) is 0 Å². The van der Waals surface area contributed by atoms with Crippen molar-refractivity contribution in [1.82, 2.24) is 0 Å². The maximum absolute atomic E-state index is 4.54. The quantitative estimate of drug-likeness (QED) is 0.611. The largest absolute Gasteiger partial charge is 0.276 e. The Bertz CT molecular complexity index is 260. The van der Waals surface area contributed by atoms with Crippen LogP contribution in [0.4, 0.5) is 0 Å². The third-order valence-corrected chi connectivity index (χ3v) is 3.36. The Morgan fingerprint density at radius 1 is 0.917 bits per heavy atom. The van der Waals surface area contributed by atoms with Crippen LogP contribution in [-0.2, 0) is 0 Å². The second kappa shape index (κ2) is 1.98. The Kier molecular flexibility index (Phi) is 1.31. The summed E-state index contributed by atoms with van der Waals surface area (Å²) in [5.41, 5.74) is 2.84. The first-order valence-electron chi connectivity index (χ1n) is 4.77. The summed E-state index contributed by atoms with van der Waals surface area (Å²) in [6.07, 6.45) is 2.16. The van der Waals surface area contributed by atoms with Crippen LogP contribution < -0.4 is 0 Å². The molecule has 0 fully saturated rings. The molecule has 0 bridgehead atoms. The van der Waals surface area contributed by atoms with Gasteiger partial charge in [-0.25, -0.2) is 0 Å². The van der Waals surface area contributed by atoms with Gasteiger partial charge in [0, 0.05) is 11.4 Å². The molecule has 0 aromatic rings. The molecule has 0 aromatic carbocycles. The predicted molar refractivity (Wildman–Crippen MR) is 52.3 cm³/mol. The highest BCUT2D eigenvalue weighted by Crippen LogP contribution is 2.50. The topological polar surface area (TPSA) is 24.7 Å². The van der Waals surface area contributed by atoms with E-state index in [0.29, 0.717) is 0 Å². The van der Waals surface area contributed by atoms with Gasteiger partial charge in [-0.1, -0.05) is 13.8 Å². The molecule has 0 amide bonds. The van der Waals surface area contributed by atoms with Crippen LogP contribution in [0.15, 0.2) is 9.98 Å². The summed E-state index contributed by atoms with van der Waals surface area (Å²) in [4.78, 5) is 9.08. The molecule has 2 heterocycles. The summed E-state index contributed by atoms with van der Waals surface area (Å²) in [6.45, 7) is 8.75. The van der Waals surface area contributed by atoms with Crippen molar-refractivity contribution >= 4 is 11.4 Å². The van der Waals surface area contributed by atoms with E-state index in [4.69, 9.17) is 0 Å². The molecule has 0 saturated heterocycles. The fraction of sp³-hybridized carbons (Fsp3) is 0.800. The summed E-state index contributed by atoms with van der Waals surface area (Å²) in [5.74, 6) is 0. The zero-order valence-electron chi connectivity index (χ0n) is 8.31. The second-order valence-corrected chi connectivity index (χ2v) is 3.97. The van der Waals surface area contributed by atoms with Crippen LogP contribution in [0.2, 0.25) is 0 Å². The van der Waals surface area contributed by atoms with Crippen LogP contribution in [0.5, 0.6) is 0 Å². The average molecular weight is 164 g/mol. The zero-order chi connectivity index (χ0) is 8.98. The Labute approximate surface area is 73.8 Å². The normalized spacial score (nSPS) is 43.7. The lowest BCUT2D eigenvalue weighted by Crippen LogP contribution is -2.36. The second-order valence-electron chi connectivity index (χ2n) is 3.97. The van der Waals surface area contributed by atoms with Crippen molar-refractivity contribution in [3.63, 3.8) is 0 Å². The lowest BCUT2D eigenvalue weighted by atomic mass is 9.84. The van der Waals surface area contributed by atoms with Gasteiger partial charge in [0.15, 0.2) is 0 Å². The number of hydrogen-bond donors (Lipinski definition) is 0. The lowest BCUT2D eigenvalue weighted by Gasteiger charge is -2.16. The molecule has 0 unspecified atom stereocenters. The summed E-state index contributed by atoms with van der Waals surface area (Å²) in [6, 6.07) is 0. The van der Waals surface area contributed by atoms with E-state index in [1.165, 1.54) is 11.4 Å². The van der Waals surface area contributed by atoms with Crippen LogP contribution in [0.25, 0.3) is 0 Å². The van der Waals surface area contributed by atoms with E-state index in [-0.39, 0.29) is 11.1 Å². The van der Waals surface area contributed by atoms with Crippen LogP contribution in [0.3, 0.4) is 0 Å². The van der Waals surface area contributed by atoms with E-state index in [2.05, 4.69) is 37.7 Å². The van der Waals surface area contributed by atoms with Gasteiger partial charge >= 0.3 is 0 Å². The first kappa shape index (κ1) is 7.96. The van der Waals surface area contributed by atoms with E-state index in [0.717, 1.165) is 12.8 Å². The molecule has 0 aromatic heterocycles. The van der Waals surface area contributed by atoms with E-state index >= 15 is 0 Å². The van der Waals surface area contributed by atoms with Gasteiger partial charge < -0.3 is 0 Å². The van der Waals surface area contributed by atoms with Crippen molar-refractivity contribution in [2.24, 2.45) is 9.98 Å². The van der Waals surface area contributed by atoms with Gasteiger partial charge in [-0.15, -0.1) is 0 Å². The fourth-order valence-corrected chi connectivity index (χ4v) is 2.11. The monoisotopic (exact) mass is 164 g/mol. The van der Waals surface area contributed by atoms with Crippen LogP contribution >= 0.6 is 0 Å². The molecule has 2 rings (SSSR count). The summed E-state index contributed by atoms with van der Waals surface area (Å²) < 4.78 is 0. The van der Waals surface area contributed by atoms with Crippen LogP contribution in [0.1, 0.15) is 40.5 Å². The van der Waals surface area contributed by atoms with Crippen molar-refractivity contribution in [1.29, 1.82) is 0 Å². The Balaban J connectivity index is 2.06. The van der Waals surface area contributed by atoms with E-state index < -0.39 is 0 Å². The standard InChI is InChI=1S/C10H16N2/c1-5-7-9(3,11-7)10(4)8(6-2)12-10/h5-6H2,1-4H3/t9-,10+.